The number of hydrogen-bond acceptors (Lipinski definition) is 12. The fourth-order valence-corrected chi connectivity index (χ4v) is 5.57. The van der Waals surface area contributed by atoms with Crippen molar-refractivity contribution in [2.24, 2.45) is 0 Å². The van der Waals surface area contributed by atoms with Gasteiger partial charge in [-0.25, -0.2) is 18.2 Å². The molecule has 0 atom stereocenters. The Balaban J connectivity index is 1.47. The molecule has 0 saturated carbocycles. The average molecular weight is 588 g/mol. The standard InChI is InChI=1S/C26H33N7O5S2/c1-4-38-24(35)23-17(2)29-26(39-23)32-25-30-20(27-12-6-14-33-13-5-7-22(33)34)15-21(31-25)28-16-18-8-10-19(11-9-18)40(3,36)37/h8-11,15H,4-7,12-14,16H2,1-3H3,(H3,27,28,29,30,31,32). The summed E-state index contributed by atoms with van der Waals surface area (Å²) in [5.41, 5.74) is 1.42. The minimum absolute atomic E-state index is 0.200. The molecule has 40 heavy (non-hydrogen) atoms. The van der Waals surface area contributed by atoms with Gasteiger partial charge in [0.25, 0.3) is 0 Å². The number of nitrogens with one attached hydrogen (secondary N) is 3. The van der Waals surface area contributed by atoms with Crippen LogP contribution < -0.4 is 16.0 Å². The molecule has 3 heterocycles. The second-order valence-electron chi connectivity index (χ2n) is 9.28. The topological polar surface area (TPSA) is 156 Å². The van der Waals surface area contributed by atoms with Gasteiger partial charge >= 0.3 is 5.97 Å². The predicted molar refractivity (Wildman–Crippen MR) is 154 cm³/mol. The maximum atomic E-state index is 12.2. The molecule has 14 heteroatoms. The van der Waals surface area contributed by atoms with Crippen molar-refractivity contribution in [2.45, 2.75) is 44.6 Å². The van der Waals surface area contributed by atoms with Gasteiger partial charge in [0.15, 0.2) is 15.0 Å². The molecule has 2 aromatic heterocycles. The summed E-state index contributed by atoms with van der Waals surface area (Å²) >= 11 is 1.16. The molecule has 4 rings (SSSR count). The van der Waals surface area contributed by atoms with E-state index >= 15 is 0 Å². The molecule has 3 N–H and O–H groups in total. The molecule has 1 aromatic carbocycles. The van der Waals surface area contributed by atoms with Gasteiger partial charge < -0.3 is 20.3 Å². The molecule has 1 saturated heterocycles. The monoisotopic (exact) mass is 587 g/mol. The van der Waals surface area contributed by atoms with E-state index in [-0.39, 0.29) is 23.4 Å². The highest BCUT2D eigenvalue weighted by Gasteiger charge is 2.19. The van der Waals surface area contributed by atoms with Gasteiger partial charge in [-0.3, -0.25) is 10.1 Å². The summed E-state index contributed by atoms with van der Waals surface area (Å²) in [6.45, 7) is 6.26. The lowest BCUT2D eigenvalue weighted by atomic mass is 10.2. The molecule has 1 amide bonds. The summed E-state index contributed by atoms with van der Waals surface area (Å²) in [4.78, 5) is 40.1. The molecule has 214 valence electrons. The highest BCUT2D eigenvalue weighted by molar-refractivity contribution is 7.90. The van der Waals surface area contributed by atoms with Gasteiger partial charge in [0.05, 0.1) is 17.2 Å². The summed E-state index contributed by atoms with van der Waals surface area (Å²) < 4.78 is 28.6. The van der Waals surface area contributed by atoms with Gasteiger partial charge in [0, 0.05) is 44.9 Å². The first kappa shape index (κ1) is 29.2. The first-order valence-corrected chi connectivity index (χ1v) is 15.7. The lowest BCUT2D eigenvalue weighted by molar-refractivity contribution is -0.127. The van der Waals surface area contributed by atoms with Crippen LogP contribution in [0.3, 0.4) is 0 Å². The molecule has 1 fully saturated rings. The van der Waals surface area contributed by atoms with Crippen LogP contribution in [0, 0.1) is 6.92 Å². The van der Waals surface area contributed by atoms with Crippen LogP contribution in [-0.4, -0.2) is 72.6 Å². The van der Waals surface area contributed by atoms with Gasteiger partial charge in [-0.1, -0.05) is 23.5 Å². The van der Waals surface area contributed by atoms with Gasteiger partial charge in [-0.2, -0.15) is 9.97 Å². The van der Waals surface area contributed by atoms with Crippen LogP contribution in [0.4, 0.5) is 22.7 Å². The zero-order chi connectivity index (χ0) is 28.7. The maximum absolute atomic E-state index is 12.2. The molecule has 3 aromatic rings. The van der Waals surface area contributed by atoms with E-state index in [1.165, 1.54) is 6.26 Å². The van der Waals surface area contributed by atoms with E-state index in [4.69, 9.17) is 4.74 Å². The average Bonchev–Trinajstić information content (AvgIpc) is 3.49. The number of rotatable bonds is 13. The minimum atomic E-state index is -3.27. The van der Waals surface area contributed by atoms with E-state index in [1.54, 1.807) is 44.2 Å². The Morgan fingerprint density at radius 3 is 2.50 bits per heavy atom. The third-order valence-corrected chi connectivity index (χ3v) is 8.29. The molecule has 0 bridgehead atoms. The second kappa shape index (κ2) is 13.0. The number of nitrogens with zero attached hydrogens (tertiary/aromatic N) is 4. The van der Waals surface area contributed by atoms with Crippen LogP contribution >= 0.6 is 11.3 Å². The van der Waals surface area contributed by atoms with E-state index in [0.29, 0.717) is 53.4 Å². The Bertz CT molecular complexity index is 1460. The molecule has 12 nitrogen and oxygen atoms in total. The number of sulfone groups is 1. The Morgan fingerprint density at radius 2 is 1.85 bits per heavy atom. The normalized spacial score (nSPS) is 13.4. The summed E-state index contributed by atoms with van der Waals surface area (Å²) in [6, 6.07) is 8.41. The van der Waals surface area contributed by atoms with Crippen LogP contribution in [0.2, 0.25) is 0 Å². The summed E-state index contributed by atoms with van der Waals surface area (Å²) in [7, 11) is -3.27. The Hall–Kier alpha value is -3.78. The number of thiazole rings is 1. The Morgan fingerprint density at radius 1 is 1.12 bits per heavy atom. The fourth-order valence-electron chi connectivity index (χ4n) is 4.09. The van der Waals surface area contributed by atoms with Crippen LogP contribution in [0.1, 0.15) is 47.1 Å². The van der Waals surface area contributed by atoms with Crippen molar-refractivity contribution in [1.29, 1.82) is 0 Å². The minimum Gasteiger partial charge on any atom is -0.462 e. The third kappa shape index (κ3) is 7.88. The van der Waals surface area contributed by atoms with Crippen molar-refractivity contribution in [2.75, 3.05) is 48.4 Å². The molecule has 0 radical (unpaired) electrons. The van der Waals surface area contributed by atoms with Gasteiger partial charge in [0.1, 0.15) is 16.5 Å². The summed E-state index contributed by atoms with van der Waals surface area (Å²) in [5.74, 6) is 1.15. The van der Waals surface area contributed by atoms with Crippen molar-refractivity contribution in [3.8, 4) is 0 Å². The zero-order valence-electron chi connectivity index (χ0n) is 22.7. The van der Waals surface area contributed by atoms with Crippen LogP contribution in [0.15, 0.2) is 35.2 Å². The Labute approximate surface area is 237 Å². The number of anilines is 4. The largest absolute Gasteiger partial charge is 0.462 e. The number of carbonyl (C=O) groups is 2. The first-order chi connectivity index (χ1) is 19.1. The molecule has 1 aliphatic heterocycles. The zero-order valence-corrected chi connectivity index (χ0v) is 24.3. The number of benzene rings is 1. The first-order valence-electron chi connectivity index (χ1n) is 13.0. The number of amides is 1. The third-order valence-electron chi connectivity index (χ3n) is 6.11. The van der Waals surface area contributed by atoms with E-state index in [1.807, 2.05) is 4.90 Å². The molecular formula is C26H33N7O5S2. The quantitative estimate of drug-likeness (QED) is 0.198. The van der Waals surface area contributed by atoms with Crippen molar-refractivity contribution in [3.63, 3.8) is 0 Å². The van der Waals surface area contributed by atoms with E-state index in [2.05, 4.69) is 30.9 Å². The number of carbonyl (C=O) groups excluding carboxylic acids is 2. The molecular weight excluding hydrogens is 554 g/mol. The van der Waals surface area contributed by atoms with E-state index < -0.39 is 15.8 Å². The highest BCUT2D eigenvalue weighted by Crippen LogP contribution is 2.26. The lowest BCUT2D eigenvalue weighted by Gasteiger charge is -2.16. The van der Waals surface area contributed by atoms with Crippen molar-refractivity contribution >= 4 is 55.8 Å². The van der Waals surface area contributed by atoms with Crippen LogP contribution in [0.5, 0.6) is 0 Å². The summed E-state index contributed by atoms with van der Waals surface area (Å²) in [6.07, 6.45) is 3.47. The number of hydrogen-bond donors (Lipinski definition) is 3. The van der Waals surface area contributed by atoms with Crippen molar-refractivity contribution < 1.29 is 22.7 Å². The van der Waals surface area contributed by atoms with Crippen LogP contribution in [-0.2, 0) is 25.9 Å². The van der Waals surface area contributed by atoms with E-state index in [0.717, 1.165) is 36.3 Å². The summed E-state index contributed by atoms with van der Waals surface area (Å²) in [5, 5.41) is 10.1. The second-order valence-corrected chi connectivity index (χ2v) is 12.3. The SMILES string of the molecule is CCOC(=O)c1sc(Nc2nc(NCCCN3CCCC3=O)cc(NCc3ccc(S(C)(=O)=O)cc3)n2)nc1C. The smallest absolute Gasteiger partial charge is 0.350 e. The highest BCUT2D eigenvalue weighted by atomic mass is 32.2. The van der Waals surface area contributed by atoms with Crippen molar-refractivity contribution in [3.05, 3.63) is 46.5 Å². The fraction of sp³-hybridized carbons (Fsp3) is 0.423. The maximum Gasteiger partial charge on any atom is 0.350 e. The van der Waals surface area contributed by atoms with Gasteiger partial charge in [0.2, 0.25) is 11.9 Å². The number of ether oxygens (including phenoxy) is 1. The molecule has 0 spiro atoms. The van der Waals surface area contributed by atoms with Crippen molar-refractivity contribution in [1.82, 2.24) is 19.9 Å². The molecule has 1 aliphatic rings. The van der Waals surface area contributed by atoms with Gasteiger partial charge in [-0.15, -0.1) is 0 Å². The molecule has 0 unspecified atom stereocenters. The van der Waals surface area contributed by atoms with E-state index in [9.17, 15) is 18.0 Å². The van der Waals surface area contributed by atoms with Gasteiger partial charge in [-0.05, 0) is 44.4 Å². The lowest BCUT2D eigenvalue weighted by Crippen LogP contribution is -2.27. The predicted octanol–water partition coefficient (Wildman–Crippen LogP) is 3.60. The number of aromatic nitrogens is 3. The molecule has 0 aliphatic carbocycles. The van der Waals surface area contributed by atoms with Crippen LogP contribution in [0.25, 0.3) is 0 Å². The number of likely N-dealkylation sites (tertiary alicyclic amines) is 1. The number of esters is 1. The number of aryl methyl sites for hydroxylation is 1. The Kier molecular flexibility index (Phi) is 9.53.